The summed E-state index contributed by atoms with van der Waals surface area (Å²) in [5.74, 6) is 3.67. The van der Waals surface area contributed by atoms with E-state index in [9.17, 15) is 0 Å². The molecule has 5 nitrogen and oxygen atoms in total. The lowest BCUT2D eigenvalue weighted by Crippen LogP contribution is -2.06. The summed E-state index contributed by atoms with van der Waals surface area (Å²) in [5.41, 5.74) is 0.952. The third-order valence-corrected chi connectivity index (χ3v) is 3.36. The van der Waals surface area contributed by atoms with Crippen molar-refractivity contribution in [3.63, 3.8) is 0 Å². The molecule has 0 fully saturated rings. The van der Waals surface area contributed by atoms with E-state index in [1.165, 1.54) is 0 Å². The predicted octanol–water partition coefficient (Wildman–Crippen LogP) is 3.34. The van der Waals surface area contributed by atoms with Crippen molar-refractivity contribution in [2.24, 2.45) is 0 Å². The van der Waals surface area contributed by atoms with E-state index in [4.69, 9.17) is 4.42 Å². The first kappa shape index (κ1) is 13.4. The summed E-state index contributed by atoms with van der Waals surface area (Å²) < 4.78 is 7.67. The van der Waals surface area contributed by atoms with Crippen LogP contribution in [0.25, 0.3) is 5.82 Å². The highest BCUT2D eigenvalue weighted by atomic mass is 16.3. The highest BCUT2D eigenvalue weighted by Crippen LogP contribution is 2.19. The molecule has 0 atom stereocenters. The first-order valence-electron chi connectivity index (χ1n) is 7.04. The van der Waals surface area contributed by atoms with Crippen LogP contribution in [0.15, 0.2) is 47.3 Å². The second kappa shape index (κ2) is 5.83. The van der Waals surface area contributed by atoms with E-state index in [1.807, 2.05) is 42.0 Å². The maximum absolute atomic E-state index is 5.71. The number of anilines is 1. The number of hydrogen-bond donors (Lipinski definition) is 1. The summed E-state index contributed by atoms with van der Waals surface area (Å²) >= 11 is 0. The van der Waals surface area contributed by atoms with Gasteiger partial charge in [-0.2, -0.15) is 0 Å². The molecule has 0 spiro atoms. The molecule has 3 aromatic rings. The topological polar surface area (TPSA) is 55.9 Å². The standard InChI is InChI=1S/C16H18N4O/c1-3-13-6-7-14(21-13)11-19-15-5-4-8-18-16(15)20-10-9-17-12(20)2/h4-10,19H,3,11H2,1-2H3. The maximum atomic E-state index is 5.71. The fraction of sp³-hybridized carbons (Fsp3) is 0.250. The molecular weight excluding hydrogens is 264 g/mol. The number of aryl methyl sites for hydroxylation is 2. The number of rotatable bonds is 5. The Balaban J connectivity index is 1.81. The molecule has 0 saturated heterocycles. The normalized spacial score (nSPS) is 10.8. The van der Waals surface area contributed by atoms with Gasteiger partial charge in [0.1, 0.15) is 17.3 Å². The van der Waals surface area contributed by atoms with Crippen LogP contribution in [0.4, 0.5) is 5.69 Å². The Labute approximate surface area is 123 Å². The van der Waals surface area contributed by atoms with E-state index in [-0.39, 0.29) is 0 Å². The number of nitrogens with one attached hydrogen (secondary N) is 1. The quantitative estimate of drug-likeness (QED) is 0.779. The summed E-state index contributed by atoms with van der Waals surface area (Å²) in [7, 11) is 0. The molecule has 0 amide bonds. The minimum atomic E-state index is 0.631. The van der Waals surface area contributed by atoms with Crippen LogP contribution in [0.1, 0.15) is 24.3 Å². The smallest absolute Gasteiger partial charge is 0.161 e. The molecule has 0 aliphatic heterocycles. The van der Waals surface area contributed by atoms with Crippen LogP contribution in [0.3, 0.4) is 0 Å². The van der Waals surface area contributed by atoms with E-state index in [0.717, 1.165) is 35.3 Å². The van der Waals surface area contributed by atoms with Gasteiger partial charge in [0.2, 0.25) is 0 Å². The van der Waals surface area contributed by atoms with Crippen molar-refractivity contribution >= 4 is 5.69 Å². The molecule has 0 bridgehead atoms. The van der Waals surface area contributed by atoms with Crippen LogP contribution >= 0.6 is 0 Å². The molecule has 3 heterocycles. The SMILES string of the molecule is CCc1ccc(CNc2cccnc2-n2ccnc2C)o1. The van der Waals surface area contributed by atoms with E-state index in [0.29, 0.717) is 6.54 Å². The van der Waals surface area contributed by atoms with E-state index < -0.39 is 0 Å². The van der Waals surface area contributed by atoms with E-state index in [2.05, 4.69) is 22.2 Å². The number of imidazole rings is 1. The zero-order valence-corrected chi connectivity index (χ0v) is 12.2. The van der Waals surface area contributed by atoms with Gasteiger partial charge in [-0.15, -0.1) is 0 Å². The van der Waals surface area contributed by atoms with Crippen molar-refractivity contribution in [1.29, 1.82) is 0 Å². The highest BCUT2D eigenvalue weighted by Gasteiger charge is 2.08. The molecule has 1 N–H and O–H groups in total. The summed E-state index contributed by atoms with van der Waals surface area (Å²) in [6, 6.07) is 7.94. The summed E-state index contributed by atoms with van der Waals surface area (Å²) in [6.07, 6.45) is 6.37. The Morgan fingerprint density at radius 3 is 2.71 bits per heavy atom. The Hall–Kier alpha value is -2.56. The van der Waals surface area contributed by atoms with Crippen molar-refractivity contribution in [3.05, 3.63) is 60.2 Å². The number of pyridine rings is 1. The van der Waals surface area contributed by atoms with Crippen LogP contribution < -0.4 is 5.32 Å². The van der Waals surface area contributed by atoms with E-state index >= 15 is 0 Å². The molecule has 108 valence electrons. The average molecular weight is 282 g/mol. The van der Waals surface area contributed by atoms with Gasteiger partial charge in [-0.25, -0.2) is 9.97 Å². The molecule has 0 aliphatic carbocycles. The van der Waals surface area contributed by atoms with Gasteiger partial charge in [-0.1, -0.05) is 6.92 Å². The molecular formula is C16H18N4O. The number of hydrogen-bond acceptors (Lipinski definition) is 4. The zero-order valence-electron chi connectivity index (χ0n) is 12.2. The van der Waals surface area contributed by atoms with Crippen LogP contribution in [-0.2, 0) is 13.0 Å². The fourth-order valence-corrected chi connectivity index (χ4v) is 2.22. The van der Waals surface area contributed by atoms with Crippen molar-refractivity contribution < 1.29 is 4.42 Å². The summed E-state index contributed by atoms with van der Waals surface area (Å²) in [6.45, 7) is 4.67. The highest BCUT2D eigenvalue weighted by molar-refractivity contribution is 5.57. The van der Waals surface area contributed by atoms with Gasteiger partial charge >= 0.3 is 0 Å². The molecule has 5 heteroatoms. The van der Waals surface area contributed by atoms with Crippen LogP contribution in [0, 0.1) is 6.92 Å². The summed E-state index contributed by atoms with van der Waals surface area (Å²) in [5, 5.41) is 3.38. The molecule has 3 rings (SSSR count). The maximum Gasteiger partial charge on any atom is 0.161 e. The van der Waals surface area contributed by atoms with Crippen LogP contribution in [0.2, 0.25) is 0 Å². The zero-order chi connectivity index (χ0) is 14.7. The van der Waals surface area contributed by atoms with Gasteiger partial charge < -0.3 is 9.73 Å². The second-order valence-electron chi connectivity index (χ2n) is 4.79. The first-order chi connectivity index (χ1) is 10.3. The molecule has 3 aromatic heterocycles. The largest absolute Gasteiger partial charge is 0.464 e. The second-order valence-corrected chi connectivity index (χ2v) is 4.79. The Bertz CT molecular complexity index is 729. The molecule has 0 unspecified atom stereocenters. The minimum absolute atomic E-state index is 0.631. The predicted molar refractivity (Wildman–Crippen MR) is 81.5 cm³/mol. The van der Waals surface area contributed by atoms with Gasteiger partial charge in [0.05, 0.1) is 12.2 Å². The number of furan rings is 1. The minimum Gasteiger partial charge on any atom is -0.464 e. The Morgan fingerprint density at radius 1 is 1.14 bits per heavy atom. The Morgan fingerprint density at radius 2 is 2.00 bits per heavy atom. The molecule has 0 saturated carbocycles. The van der Waals surface area contributed by atoms with Crippen LogP contribution in [-0.4, -0.2) is 14.5 Å². The third-order valence-electron chi connectivity index (χ3n) is 3.36. The molecule has 21 heavy (non-hydrogen) atoms. The van der Waals surface area contributed by atoms with Crippen molar-refractivity contribution in [2.75, 3.05) is 5.32 Å². The Kier molecular flexibility index (Phi) is 3.73. The lowest BCUT2D eigenvalue weighted by atomic mass is 10.3. The number of aromatic nitrogens is 3. The van der Waals surface area contributed by atoms with Gasteiger partial charge in [0.25, 0.3) is 0 Å². The van der Waals surface area contributed by atoms with Gasteiger partial charge in [0.15, 0.2) is 5.82 Å². The van der Waals surface area contributed by atoms with Gasteiger partial charge in [-0.3, -0.25) is 4.57 Å². The molecule has 0 aliphatic rings. The number of nitrogens with zero attached hydrogens (tertiary/aromatic N) is 3. The van der Waals surface area contributed by atoms with Crippen molar-refractivity contribution in [2.45, 2.75) is 26.8 Å². The lowest BCUT2D eigenvalue weighted by molar-refractivity contribution is 0.476. The lowest BCUT2D eigenvalue weighted by Gasteiger charge is -2.11. The van der Waals surface area contributed by atoms with Crippen molar-refractivity contribution in [1.82, 2.24) is 14.5 Å². The monoisotopic (exact) mass is 282 g/mol. The van der Waals surface area contributed by atoms with Gasteiger partial charge in [-0.05, 0) is 31.2 Å². The summed E-state index contributed by atoms with van der Waals surface area (Å²) in [4.78, 5) is 8.69. The first-order valence-corrected chi connectivity index (χ1v) is 7.04. The molecule has 0 aromatic carbocycles. The van der Waals surface area contributed by atoms with Crippen molar-refractivity contribution in [3.8, 4) is 5.82 Å². The molecule has 0 radical (unpaired) electrons. The average Bonchev–Trinajstić information content (AvgIpc) is 3.14. The van der Waals surface area contributed by atoms with Crippen LogP contribution in [0.5, 0.6) is 0 Å². The van der Waals surface area contributed by atoms with Gasteiger partial charge in [0, 0.05) is 25.0 Å². The third kappa shape index (κ3) is 2.81. The fourth-order valence-electron chi connectivity index (χ4n) is 2.22. The van der Waals surface area contributed by atoms with E-state index in [1.54, 1.807) is 12.4 Å².